The first-order valence-electron chi connectivity index (χ1n) is 4.97. The molecule has 13 heavy (non-hydrogen) atoms. The molecular formula is C10H15IO2. The molecule has 3 aliphatic rings. The molecule has 0 aromatic heterocycles. The van der Waals surface area contributed by atoms with Crippen LogP contribution in [0.3, 0.4) is 0 Å². The fourth-order valence-corrected chi connectivity index (χ4v) is 3.20. The van der Waals surface area contributed by atoms with Crippen LogP contribution < -0.4 is 0 Å². The van der Waals surface area contributed by atoms with Crippen molar-refractivity contribution in [1.29, 1.82) is 0 Å². The minimum absolute atomic E-state index is 0.0464. The van der Waals surface area contributed by atoms with Crippen LogP contribution in [0.1, 0.15) is 39.0 Å². The molecule has 2 saturated heterocycles. The Balaban J connectivity index is 2.19. The third-order valence-corrected chi connectivity index (χ3v) is 4.77. The summed E-state index contributed by atoms with van der Waals surface area (Å²) in [5.41, 5.74) is -0.159. The second kappa shape index (κ2) is 3.41. The molecule has 0 aromatic rings. The number of halogens is 1. The molecule has 3 atom stereocenters. The Kier molecular flexibility index (Phi) is 2.55. The Morgan fingerprint density at radius 3 is 2.92 bits per heavy atom. The number of hydrogen-bond donors (Lipinski definition) is 0. The van der Waals surface area contributed by atoms with Crippen LogP contribution in [0, 0.1) is 5.41 Å². The maximum atomic E-state index is 11.7. The molecule has 74 valence electrons. The van der Waals surface area contributed by atoms with Crippen LogP contribution in [-0.2, 0) is 9.53 Å². The minimum Gasteiger partial charge on any atom is -0.461 e. The monoisotopic (exact) mass is 294 g/mol. The second-order valence-corrected chi connectivity index (χ2v) is 6.05. The molecule has 3 heteroatoms. The van der Waals surface area contributed by atoms with Crippen molar-refractivity contribution < 1.29 is 9.53 Å². The van der Waals surface area contributed by atoms with Gasteiger partial charge in [-0.25, -0.2) is 0 Å². The van der Waals surface area contributed by atoms with E-state index in [0.29, 0.717) is 3.92 Å². The van der Waals surface area contributed by atoms with Gasteiger partial charge in [0, 0.05) is 3.92 Å². The average molecular weight is 294 g/mol. The van der Waals surface area contributed by atoms with Gasteiger partial charge in [0.15, 0.2) is 0 Å². The van der Waals surface area contributed by atoms with Gasteiger partial charge in [-0.15, -0.1) is 0 Å². The zero-order valence-corrected chi connectivity index (χ0v) is 10.0. The van der Waals surface area contributed by atoms with Crippen LogP contribution in [0.2, 0.25) is 0 Å². The van der Waals surface area contributed by atoms with Crippen molar-refractivity contribution >= 4 is 28.6 Å². The number of fused-ring (bicyclic) bond motifs is 5. The Morgan fingerprint density at radius 2 is 2.23 bits per heavy atom. The standard InChI is InChI=1S/C10H15IO2/c1-10-5-2-3-7(11)8(4-6-10)13-9(10)12/h7-8H,2-6H2,1H3/t7?,8-,10-/m0/s1. The van der Waals surface area contributed by atoms with Crippen molar-refractivity contribution in [2.24, 2.45) is 5.41 Å². The first-order valence-corrected chi connectivity index (χ1v) is 6.21. The molecule has 0 amide bonds. The number of rotatable bonds is 0. The van der Waals surface area contributed by atoms with Crippen molar-refractivity contribution in [3.8, 4) is 0 Å². The fourth-order valence-electron chi connectivity index (χ4n) is 2.26. The normalized spacial score (nSPS) is 45.2. The summed E-state index contributed by atoms with van der Waals surface area (Å²) in [6.45, 7) is 2.05. The lowest BCUT2D eigenvalue weighted by Gasteiger charge is -2.40. The highest BCUT2D eigenvalue weighted by atomic mass is 127. The van der Waals surface area contributed by atoms with Crippen molar-refractivity contribution in [2.45, 2.75) is 49.1 Å². The summed E-state index contributed by atoms with van der Waals surface area (Å²) < 4.78 is 5.99. The van der Waals surface area contributed by atoms with Crippen LogP contribution in [0.5, 0.6) is 0 Å². The molecule has 0 N–H and O–H groups in total. The molecule has 1 saturated carbocycles. The maximum Gasteiger partial charge on any atom is 0.312 e. The molecule has 2 heterocycles. The highest BCUT2D eigenvalue weighted by Crippen LogP contribution is 2.42. The van der Waals surface area contributed by atoms with E-state index < -0.39 is 0 Å². The van der Waals surface area contributed by atoms with Gasteiger partial charge >= 0.3 is 5.97 Å². The SMILES string of the molecule is C[C@]12CCCC(I)[C@H](CC1)OC2=O. The third kappa shape index (κ3) is 1.72. The summed E-state index contributed by atoms with van der Waals surface area (Å²) in [7, 11) is 0. The number of esters is 1. The molecule has 3 rings (SSSR count). The predicted octanol–water partition coefficient (Wildman–Crippen LogP) is 2.69. The van der Waals surface area contributed by atoms with E-state index >= 15 is 0 Å². The van der Waals surface area contributed by atoms with E-state index in [1.165, 1.54) is 12.8 Å². The summed E-state index contributed by atoms with van der Waals surface area (Å²) in [6.07, 6.45) is 5.68. The van der Waals surface area contributed by atoms with Gasteiger partial charge in [-0.05, 0) is 32.6 Å². The van der Waals surface area contributed by atoms with Crippen LogP contribution in [0.4, 0.5) is 0 Å². The van der Waals surface area contributed by atoms with E-state index in [1.54, 1.807) is 0 Å². The van der Waals surface area contributed by atoms with E-state index in [2.05, 4.69) is 29.5 Å². The summed E-state index contributed by atoms with van der Waals surface area (Å²) in [6, 6.07) is 0. The van der Waals surface area contributed by atoms with E-state index in [9.17, 15) is 4.79 Å². The number of carbonyl (C=O) groups is 1. The smallest absolute Gasteiger partial charge is 0.312 e. The Hall–Kier alpha value is 0.200. The highest BCUT2D eigenvalue weighted by molar-refractivity contribution is 14.1. The van der Waals surface area contributed by atoms with Crippen molar-refractivity contribution in [3.63, 3.8) is 0 Å². The topological polar surface area (TPSA) is 26.3 Å². The minimum atomic E-state index is -0.159. The van der Waals surface area contributed by atoms with E-state index in [1.807, 2.05) is 0 Å². The van der Waals surface area contributed by atoms with Gasteiger partial charge in [0.2, 0.25) is 0 Å². The summed E-state index contributed by atoms with van der Waals surface area (Å²) in [5, 5.41) is 0. The van der Waals surface area contributed by atoms with Crippen molar-refractivity contribution in [2.75, 3.05) is 0 Å². The molecule has 1 unspecified atom stereocenters. The predicted molar refractivity (Wildman–Crippen MR) is 58.9 cm³/mol. The quantitative estimate of drug-likeness (QED) is 0.390. The lowest BCUT2D eigenvalue weighted by Crippen LogP contribution is -2.44. The summed E-state index contributed by atoms with van der Waals surface area (Å²) in [4.78, 5) is 11.7. The van der Waals surface area contributed by atoms with Gasteiger partial charge < -0.3 is 4.74 Å². The molecule has 3 fully saturated rings. The zero-order valence-electron chi connectivity index (χ0n) is 7.88. The molecule has 0 radical (unpaired) electrons. The van der Waals surface area contributed by atoms with Crippen molar-refractivity contribution in [3.05, 3.63) is 0 Å². The first-order chi connectivity index (χ1) is 6.12. The Morgan fingerprint density at radius 1 is 1.46 bits per heavy atom. The third-order valence-electron chi connectivity index (χ3n) is 3.34. The molecular weight excluding hydrogens is 279 g/mol. The van der Waals surface area contributed by atoms with Gasteiger partial charge in [-0.1, -0.05) is 29.0 Å². The second-order valence-electron chi connectivity index (χ2n) is 4.45. The number of hydrogen-bond acceptors (Lipinski definition) is 2. The van der Waals surface area contributed by atoms with Crippen LogP contribution in [0.25, 0.3) is 0 Å². The van der Waals surface area contributed by atoms with Gasteiger partial charge in [-0.3, -0.25) is 4.79 Å². The molecule has 2 bridgehead atoms. The van der Waals surface area contributed by atoms with Gasteiger partial charge in [-0.2, -0.15) is 0 Å². The molecule has 0 aromatic carbocycles. The summed E-state index contributed by atoms with van der Waals surface area (Å²) in [5.74, 6) is 0.0464. The molecule has 2 aliphatic heterocycles. The highest BCUT2D eigenvalue weighted by Gasteiger charge is 2.43. The van der Waals surface area contributed by atoms with Gasteiger partial charge in [0.25, 0.3) is 0 Å². The van der Waals surface area contributed by atoms with Crippen molar-refractivity contribution in [1.82, 2.24) is 0 Å². The Labute approximate surface area is 92.5 Å². The number of ether oxygens (including phenoxy) is 1. The lowest BCUT2D eigenvalue weighted by atomic mass is 9.75. The van der Waals surface area contributed by atoms with E-state index in [4.69, 9.17) is 4.74 Å². The largest absolute Gasteiger partial charge is 0.461 e. The zero-order chi connectivity index (χ0) is 9.47. The lowest BCUT2D eigenvalue weighted by molar-refractivity contribution is -0.171. The number of carbonyl (C=O) groups excluding carboxylic acids is 1. The molecule has 1 aliphatic carbocycles. The summed E-state index contributed by atoms with van der Waals surface area (Å²) >= 11 is 2.42. The van der Waals surface area contributed by atoms with Gasteiger partial charge in [0.05, 0.1) is 5.41 Å². The van der Waals surface area contributed by atoms with Gasteiger partial charge in [0.1, 0.15) is 6.10 Å². The fraction of sp³-hybridized carbons (Fsp3) is 0.900. The number of alkyl halides is 1. The first kappa shape index (κ1) is 9.74. The molecule has 0 spiro atoms. The average Bonchev–Trinajstić information content (AvgIpc) is 2.08. The van der Waals surface area contributed by atoms with E-state index in [0.717, 1.165) is 19.3 Å². The maximum absolute atomic E-state index is 11.7. The van der Waals surface area contributed by atoms with Crippen LogP contribution in [0.15, 0.2) is 0 Å². The molecule has 2 nitrogen and oxygen atoms in total. The van der Waals surface area contributed by atoms with E-state index in [-0.39, 0.29) is 17.5 Å². The van der Waals surface area contributed by atoms with Crippen LogP contribution in [-0.4, -0.2) is 16.0 Å². The Bertz CT molecular complexity index is 225. The van der Waals surface area contributed by atoms with Crippen LogP contribution >= 0.6 is 22.6 Å².